The lowest BCUT2D eigenvalue weighted by atomic mass is 9.99. The van der Waals surface area contributed by atoms with Crippen LogP contribution in [-0.2, 0) is 11.3 Å². The molecule has 5 heteroatoms. The van der Waals surface area contributed by atoms with Gasteiger partial charge in [-0.05, 0) is 29.7 Å². The van der Waals surface area contributed by atoms with Gasteiger partial charge in [0.25, 0.3) is 0 Å². The van der Waals surface area contributed by atoms with Crippen molar-refractivity contribution in [2.75, 3.05) is 0 Å². The second-order valence-corrected chi connectivity index (χ2v) is 5.20. The molecule has 2 N–H and O–H groups in total. The Morgan fingerprint density at radius 2 is 2.10 bits per heavy atom. The third kappa shape index (κ3) is 3.92. The average Bonchev–Trinajstić information content (AvgIpc) is 3.01. The van der Waals surface area contributed by atoms with Crippen LogP contribution in [0.1, 0.15) is 25.8 Å². The van der Waals surface area contributed by atoms with E-state index in [-0.39, 0.29) is 5.92 Å². The summed E-state index contributed by atoms with van der Waals surface area (Å²) in [7, 11) is 0. The van der Waals surface area contributed by atoms with Crippen molar-refractivity contribution < 1.29 is 9.90 Å². The summed E-state index contributed by atoms with van der Waals surface area (Å²) in [5, 5.41) is 16.5. The molecule has 1 heterocycles. The molecule has 0 saturated carbocycles. The van der Waals surface area contributed by atoms with E-state index in [0.717, 1.165) is 17.7 Å². The van der Waals surface area contributed by atoms with E-state index in [1.165, 1.54) is 0 Å². The number of hydrogen-bond donors (Lipinski definition) is 2. The number of carboxylic acids is 1. The molecular weight excluding hydrogens is 266 g/mol. The number of benzene rings is 1. The van der Waals surface area contributed by atoms with Crippen LogP contribution in [0.5, 0.6) is 0 Å². The summed E-state index contributed by atoms with van der Waals surface area (Å²) in [6.45, 7) is 4.49. The number of nitrogens with zero attached hydrogens (tertiary/aromatic N) is 2. The van der Waals surface area contributed by atoms with Gasteiger partial charge in [-0.15, -0.1) is 0 Å². The SMILES string of the molecule is CC[C@H](C)[C@H](NCc1ccc(-n2cccn2)cc1)C(=O)O. The summed E-state index contributed by atoms with van der Waals surface area (Å²) in [6, 6.07) is 9.28. The van der Waals surface area contributed by atoms with Crippen molar-refractivity contribution in [1.82, 2.24) is 15.1 Å². The third-order valence-corrected chi connectivity index (χ3v) is 3.71. The van der Waals surface area contributed by atoms with Crippen LogP contribution in [0.15, 0.2) is 42.7 Å². The lowest BCUT2D eigenvalue weighted by molar-refractivity contribution is -0.140. The van der Waals surface area contributed by atoms with Crippen molar-refractivity contribution in [3.8, 4) is 5.69 Å². The molecule has 0 saturated heterocycles. The zero-order valence-electron chi connectivity index (χ0n) is 12.4. The highest BCUT2D eigenvalue weighted by atomic mass is 16.4. The molecule has 0 aliphatic carbocycles. The Balaban J connectivity index is 1.98. The molecule has 112 valence electrons. The molecule has 2 aromatic rings. The minimum Gasteiger partial charge on any atom is -0.480 e. The van der Waals surface area contributed by atoms with Gasteiger partial charge in [-0.2, -0.15) is 5.10 Å². The maximum absolute atomic E-state index is 11.3. The van der Waals surface area contributed by atoms with Crippen molar-refractivity contribution in [1.29, 1.82) is 0 Å². The van der Waals surface area contributed by atoms with Crippen LogP contribution >= 0.6 is 0 Å². The Labute approximate surface area is 124 Å². The molecule has 21 heavy (non-hydrogen) atoms. The molecule has 0 unspecified atom stereocenters. The molecule has 0 fully saturated rings. The average molecular weight is 287 g/mol. The van der Waals surface area contributed by atoms with E-state index in [9.17, 15) is 9.90 Å². The normalized spacial score (nSPS) is 13.8. The predicted octanol–water partition coefficient (Wildman–Crippen LogP) is 2.46. The van der Waals surface area contributed by atoms with Crippen LogP contribution in [0, 0.1) is 5.92 Å². The van der Waals surface area contributed by atoms with Crippen LogP contribution in [0.4, 0.5) is 0 Å². The Kier molecular flexibility index (Phi) is 5.11. The molecule has 0 spiro atoms. The smallest absolute Gasteiger partial charge is 0.320 e. The molecule has 2 rings (SSSR count). The van der Waals surface area contributed by atoms with Crippen molar-refractivity contribution >= 4 is 5.97 Å². The summed E-state index contributed by atoms with van der Waals surface area (Å²) in [4.78, 5) is 11.3. The second-order valence-electron chi connectivity index (χ2n) is 5.20. The van der Waals surface area contributed by atoms with Crippen LogP contribution in [-0.4, -0.2) is 26.9 Å². The van der Waals surface area contributed by atoms with Crippen LogP contribution < -0.4 is 5.32 Å². The first kappa shape index (κ1) is 15.3. The largest absolute Gasteiger partial charge is 0.480 e. The number of nitrogens with one attached hydrogen (secondary N) is 1. The van der Waals surface area contributed by atoms with Gasteiger partial charge < -0.3 is 10.4 Å². The third-order valence-electron chi connectivity index (χ3n) is 3.71. The molecular formula is C16H21N3O2. The van der Waals surface area contributed by atoms with Gasteiger partial charge in [0, 0.05) is 18.9 Å². The Bertz CT molecular complexity index is 564. The zero-order valence-corrected chi connectivity index (χ0v) is 12.4. The molecule has 0 radical (unpaired) electrons. The first-order valence-electron chi connectivity index (χ1n) is 7.17. The Morgan fingerprint density at radius 1 is 1.38 bits per heavy atom. The molecule has 0 aliphatic heterocycles. The summed E-state index contributed by atoms with van der Waals surface area (Å²) in [5.41, 5.74) is 2.04. The van der Waals surface area contributed by atoms with Gasteiger partial charge in [0.05, 0.1) is 5.69 Å². The topological polar surface area (TPSA) is 67.2 Å². The maximum atomic E-state index is 11.3. The number of carboxylic acid groups (broad SMARTS) is 1. The minimum absolute atomic E-state index is 0.103. The van der Waals surface area contributed by atoms with E-state index in [1.54, 1.807) is 10.9 Å². The van der Waals surface area contributed by atoms with Gasteiger partial charge in [0.15, 0.2) is 0 Å². The van der Waals surface area contributed by atoms with Gasteiger partial charge >= 0.3 is 5.97 Å². The molecule has 2 atom stereocenters. The minimum atomic E-state index is -0.794. The van der Waals surface area contributed by atoms with Gasteiger partial charge in [-0.1, -0.05) is 32.4 Å². The van der Waals surface area contributed by atoms with Crippen LogP contribution in [0.2, 0.25) is 0 Å². The maximum Gasteiger partial charge on any atom is 0.320 e. The number of carbonyl (C=O) groups is 1. The highest BCUT2D eigenvalue weighted by Gasteiger charge is 2.22. The second kappa shape index (κ2) is 7.04. The summed E-state index contributed by atoms with van der Waals surface area (Å²) >= 11 is 0. The molecule has 0 bridgehead atoms. The summed E-state index contributed by atoms with van der Waals surface area (Å²) in [5.74, 6) is -0.691. The van der Waals surface area contributed by atoms with Crippen molar-refractivity contribution in [2.45, 2.75) is 32.9 Å². The monoisotopic (exact) mass is 287 g/mol. The zero-order chi connectivity index (χ0) is 15.2. The van der Waals surface area contributed by atoms with E-state index in [1.807, 2.05) is 50.4 Å². The van der Waals surface area contributed by atoms with E-state index < -0.39 is 12.0 Å². The fourth-order valence-electron chi connectivity index (χ4n) is 2.18. The number of rotatable bonds is 7. The lowest BCUT2D eigenvalue weighted by Crippen LogP contribution is -2.41. The summed E-state index contributed by atoms with van der Waals surface area (Å²) in [6.07, 6.45) is 4.46. The predicted molar refractivity (Wildman–Crippen MR) is 81.3 cm³/mol. The van der Waals surface area contributed by atoms with Crippen molar-refractivity contribution in [2.24, 2.45) is 5.92 Å². The number of aromatic nitrogens is 2. The quantitative estimate of drug-likeness (QED) is 0.821. The van der Waals surface area contributed by atoms with Crippen LogP contribution in [0.3, 0.4) is 0 Å². The van der Waals surface area contributed by atoms with Gasteiger partial charge in [-0.25, -0.2) is 4.68 Å². The first-order chi connectivity index (χ1) is 10.1. The molecule has 0 aliphatic rings. The van der Waals surface area contributed by atoms with E-state index in [0.29, 0.717) is 6.54 Å². The molecule has 0 amide bonds. The first-order valence-corrected chi connectivity index (χ1v) is 7.17. The molecule has 1 aromatic carbocycles. The van der Waals surface area contributed by atoms with E-state index in [2.05, 4.69) is 10.4 Å². The fraction of sp³-hybridized carbons (Fsp3) is 0.375. The van der Waals surface area contributed by atoms with Crippen molar-refractivity contribution in [3.05, 3.63) is 48.3 Å². The van der Waals surface area contributed by atoms with Gasteiger partial charge in [-0.3, -0.25) is 4.79 Å². The van der Waals surface area contributed by atoms with E-state index in [4.69, 9.17) is 0 Å². The summed E-state index contributed by atoms with van der Waals surface area (Å²) < 4.78 is 1.79. The number of aliphatic carboxylic acids is 1. The Morgan fingerprint density at radius 3 is 2.62 bits per heavy atom. The standard InChI is InChI=1S/C16H21N3O2/c1-3-12(2)15(16(20)21)17-11-13-5-7-14(8-6-13)19-10-4-9-18-19/h4-10,12,15,17H,3,11H2,1-2H3,(H,20,21)/t12-,15-/m0/s1. The van der Waals surface area contributed by atoms with E-state index >= 15 is 0 Å². The molecule has 1 aromatic heterocycles. The highest BCUT2D eigenvalue weighted by molar-refractivity contribution is 5.73. The molecule has 5 nitrogen and oxygen atoms in total. The lowest BCUT2D eigenvalue weighted by Gasteiger charge is -2.20. The van der Waals surface area contributed by atoms with Crippen LogP contribution in [0.25, 0.3) is 5.69 Å². The van der Waals surface area contributed by atoms with Crippen molar-refractivity contribution in [3.63, 3.8) is 0 Å². The Hall–Kier alpha value is -2.14. The number of hydrogen-bond acceptors (Lipinski definition) is 3. The highest BCUT2D eigenvalue weighted by Crippen LogP contribution is 2.11. The van der Waals surface area contributed by atoms with Gasteiger partial charge in [0.1, 0.15) is 6.04 Å². The van der Waals surface area contributed by atoms with Gasteiger partial charge in [0.2, 0.25) is 0 Å². The fourth-order valence-corrected chi connectivity index (χ4v) is 2.18.